The van der Waals surface area contributed by atoms with Crippen LogP contribution in [0.2, 0.25) is 0 Å². The molecule has 0 fully saturated rings. The second kappa shape index (κ2) is 17.8. The van der Waals surface area contributed by atoms with Gasteiger partial charge in [0.05, 0.1) is 5.41 Å². The van der Waals surface area contributed by atoms with Crippen molar-refractivity contribution < 1.29 is 4.42 Å². The maximum atomic E-state index is 6.48. The van der Waals surface area contributed by atoms with Crippen LogP contribution in [0.1, 0.15) is 22.3 Å². The first-order valence-electron chi connectivity index (χ1n) is 26.1. The molecule has 1 aliphatic rings. The fourth-order valence-electron chi connectivity index (χ4n) is 12.3. The molecule has 0 spiro atoms. The smallest absolute Gasteiger partial charge is 0.143 e. The van der Waals surface area contributed by atoms with Crippen LogP contribution >= 0.6 is 11.3 Å². The third-order valence-corrected chi connectivity index (χ3v) is 17.0. The number of fused-ring (bicyclic) bond motifs is 9. The molecule has 3 heteroatoms. The van der Waals surface area contributed by atoms with Crippen LogP contribution in [0.15, 0.2) is 290 Å². The molecule has 0 bridgehead atoms. The molecular weight excluding hydrogens is 939 g/mol. The van der Waals surface area contributed by atoms with E-state index in [1.165, 1.54) is 75.8 Å². The first kappa shape index (κ1) is 44.0. The average Bonchev–Trinajstić information content (AvgIpc) is 4.17. The highest BCUT2D eigenvalue weighted by molar-refractivity contribution is 7.26. The van der Waals surface area contributed by atoms with Crippen molar-refractivity contribution in [1.82, 2.24) is 0 Å². The number of furan rings is 1. The van der Waals surface area contributed by atoms with Crippen LogP contribution < -0.4 is 4.90 Å². The summed E-state index contributed by atoms with van der Waals surface area (Å²) in [5.74, 6) is 0. The number of thiophene rings is 1. The Labute approximate surface area is 445 Å². The van der Waals surface area contributed by atoms with Gasteiger partial charge in [-0.3, -0.25) is 0 Å². The van der Waals surface area contributed by atoms with Crippen molar-refractivity contribution in [3.05, 3.63) is 307 Å². The van der Waals surface area contributed by atoms with Gasteiger partial charge in [0.15, 0.2) is 0 Å². The Kier molecular flexibility index (Phi) is 10.3. The number of nitrogens with zero attached hydrogens (tertiary/aromatic N) is 1. The summed E-state index contributed by atoms with van der Waals surface area (Å²) in [6.45, 7) is 0. The molecule has 2 heterocycles. The fourth-order valence-corrected chi connectivity index (χ4v) is 13.5. The van der Waals surface area contributed by atoms with Crippen LogP contribution in [-0.2, 0) is 5.41 Å². The van der Waals surface area contributed by atoms with Crippen LogP contribution in [0.5, 0.6) is 0 Å². The van der Waals surface area contributed by atoms with Gasteiger partial charge in [0.2, 0.25) is 0 Å². The first-order valence-corrected chi connectivity index (χ1v) is 26.9. The quantitative estimate of drug-likeness (QED) is 0.143. The van der Waals surface area contributed by atoms with Gasteiger partial charge >= 0.3 is 0 Å². The first-order chi connectivity index (χ1) is 37.7. The van der Waals surface area contributed by atoms with E-state index in [1.807, 2.05) is 23.5 Å². The van der Waals surface area contributed by atoms with E-state index in [0.717, 1.165) is 61.3 Å². The molecule has 0 saturated carbocycles. The maximum absolute atomic E-state index is 6.48. The van der Waals surface area contributed by atoms with Crippen LogP contribution in [-0.4, -0.2) is 0 Å². The molecule has 0 radical (unpaired) electrons. The lowest BCUT2D eigenvalue weighted by atomic mass is 9.68. The highest BCUT2D eigenvalue weighted by Gasteiger charge is 2.46. The maximum Gasteiger partial charge on any atom is 0.143 e. The van der Waals surface area contributed by atoms with Gasteiger partial charge in [-0.05, 0) is 127 Å². The Morgan fingerprint density at radius 1 is 0.303 bits per heavy atom. The van der Waals surface area contributed by atoms with E-state index in [1.54, 1.807) is 0 Å². The summed E-state index contributed by atoms with van der Waals surface area (Å²) >= 11 is 1.88. The number of anilines is 3. The predicted molar refractivity (Wildman–Crippen MR) is 320 cm³/mol. The lowest BCUT2D eigenvalue weighted by molar-refractivity contribution is 0.670. The van der Waals surface area contributed by atoms with Gasteiger partial charge in [-0.1, -0.05) is 231 Å². The zero-order chi connectivity index (χ0) is 50.2. The van der Waals surface area contributed by atoms with Gasteiger partial charge < -0.3 is 9.32 Å². The third kappa shape index (κ3) is 7.01. The van der Waals surface area contributed by atoms with Crippen molar-refractivity contribution in [3.63, 3.8) is 0 Å². The van der Waals surface area contributed by atoms with E-state index in [4.69, 9.17) is 4.42 Å². The Morgan fingerprint density at radius 2 is 0.816 bits per heavy atom. The minimum atomic E-state index is -0.481. The Bertz CT molecular complexity index is 4450. The normalized spacial score (nSPS) is 12.6. The van der Waals surface area contributed by atoms with E-state index in [0.29, 0.717) is 0 Å². The molecule has 0 unspecified atom stereocenters. The summed E-state index contributed by atoms with van der Waals surface area (Å²) in [5.41, 5.74) is 21.5. The molecule has 2 nitrogen and oxygen atoms in total. The van der Waals surface area contributed by atoms with Crippen LogP contribution in [0, 0.1) is 0 Å². The predicted octanol–water partition coefficient (Wildman–Crippen LogP) is 20.5. The summed E-state index contributed by atoms with van der Waals surface area (Å²) < 4.78 is 9.14. The number of rotatable bonds is 9. The third-order valence-electron chi connectivity index (χ3n) is 15.8. The summed E-state index contributed by atoms with van der Waals surface area (Å²) in [4.78, 5) is 2.41. The molecule has 0 amide bonds. The molecule has 76 heavy (non-hydrogen) atoms. The largest absolute Gasteiger partial charge is 0.455 e. The molecule has 2 aromatic heterocycles. The number of para-hydroxylation sites is 2. The Morgan fingerprint density at radius 3 is 1.55 bits per heavy atom. The monoisotopic (exact) mass is 985 g/mol. The van der Waals surface area contributed by atoms with Gasteiger partial charge in [0, 0.05) is 53.6 Å². The van der Waals surface area contributed by atoms with E-state index in [2.05, 4.69) is 278 Å². The topological polar surface area (TPSA) is 16.4 Å². The highest BCUT2D eigenvalue weighted by atomic mass is 32.1. The van der Waals surface area contributed by atoms with Gasteiger partial charge in [-0.25, -0.2) is 0 Å². The van der Waals surface area contributed by atoms with Crippen molar-refractivity contribution in [2.45, 2.75) is 5.41 Å². The lowest BCUT2D eigenvalue weighted by Gasteiger charge is -2.34. The molecule has 12 aromatic carbocycles. The van der Waals surface area contributed by atoms with E-state index in [9.17, 15) is 0 Å². The average molecular weight is 986 g/mol. The standard InChI is InChI=1S/C73H47NOS/c1-3-18-54(19-4-1)73(55-20-5-2-6-21-55)67-29-10-7-22-61(67)66-47-58(44-45-68(66)73)74(56-40-36-49(37-41-56)48-32-34-51(35-33-48)60-26-15-28-65-63-24-9-12-31-70(63)76-72(60)65)57-42-38-50(39-43-57)52-16-13-17-53(46-52)59-25-14-27-64-62-23-8-11-30-69(62)75-71(59)64/h1-47H. The fraction of sp³-hybridized carbons (Fsp3) is 0.0137. The Balaban J connectivity index is 0.828. The van der Waals surface area contributed by atoms with Crippen LogP contribution in [0.3, 0.4) is 0 Å². The van der Waals surface area contributed by atoms with Crippen molar-refractivity contribution in [2.24, 2.45) is 0 Å². The second-order valence-electron chi connectivity index (χ2n) is 19.9. The Hall–Kier alpha value is -9.54. The molecule has 0 saturated heterocycles. The van der Waals surface area contributed by atoms with Crippen molar-refractivity contribution in [1.29, 1.82) is 0 Å². The number of hydrogen-bond acceptors (Lipinski definition) is 3. The summed E-state index contributed by atoms with van der Waals surface area (Å²) in [6, 6.07) is 104. The zero-order valence-electron chi connectivity index (χ0n) is 41.4. The number of benzene rings is 12. The molecule has 1 aliphatic carbocycles. The molecule has 356 valence electrons. The minimum Gasteiger partial charge on any atom is -0.455 e. The highest BCUT2D eigenvalue weighted by Crippen LogP contribution is 2.57. The minimum absolute atomic E-state index is 0.481. The zero-order valence-corrected chi connectivity index (χ0v) is 42.2. The molecule has 14 aromatic rings. The van der Waals surface area contributed by atoms with Gasteiger partial charge in [0.25, 0.3) is 0 Å². The summed E-state index contributed by atoms with van der Waals surface area (Å²) in [6.07, 6.45) is 0. The van der Waals surface area contributed by atoms with E-state index < -0.39 is 5.41 Å². The van der Waals surface area contributed by atoms with Crippen molar-refractivity contribution in [3.8, 4) is 55.6 Å². The van der Waals surface area contributed by atoms with E-state index in [-0.39, 0.29) is 0 Å². The van der Waals surface area contributed by atoms with Gasteiger partial charge in [0.1, 0.15) is 11.2 Å². The summed E-state index contributed by atoms with van der Waals surface area (Å²) in [7, 11) is 0. The van der Waals surface area contributed by atoms with Crippen molar-refractivity contribution in [2.75, 3.05) is 4.90 Å². The molecule has 15 rings (SSSR count). The van der Waals surface area contributed by atoms with Gasteiger partial charge in [-0.2, -0.15) is 0 Å². The van der Waals surface area contributed by atoms with Crippen LogP contribution in [0.25, 0.3) is 97.7 Å². The molecule has 0 N–H and O–H groups in total. The molecule has 0 atom stereocenters. The van der Waals surface area contributed by atoms with E-state index >= 15 is 0 Å². The molecule has 0 aliphatic heterocycles. The SMILES string of the molecule is c1ccc(C2(c3ccccc3)c3ccccc3-c3cc(N(c4ccc(-c5ccc(-c6cccc7c6sc6ccccc67)cc5)cc4)c4ccc(-c5cccc(-c6cccc7c6oc6ccccc67)c5)cc4)ccc32)cc1. The molecular formula is C73H47NOS. The second-order valence-corrected chi connectivity index (χ2v) is 21.0. The van der Waals surface area contributed by atoms with Crippen molar-refractivity contribution >= 4 is 70.5 Å². The number of hydrogen-bond donors (Lipinski definition) is 0. The van der Waals surface area contributed by atoms with Crippen LogP contribution in [0.4, 0.5) is 17.1 Å². The lowest BCUT2D eigenvalue weighted by Crippen LogP contribution is -2.28. The van der Waals surface area contributed by atoms with Gasteiger partial charge in [-0.15, -0.1) is 11.3 Å². The summed E-state index contributed by atoms with van der Waals surface area (Å²) in [5, 5.41) is 4.91.